The zero-order valence-electron chi connectivity index (χ0n) is 6.32. The maximum absolute atomic E-state index is 10.7. The minimum Gasteiger partial charge on any atom is -0.321 e. The fourth-order valence-corrected chi connectivity index (χ4v) is 1.87. The summed E-state index contributed by atoms with van der Waals surface area (Å²) < 4.78 is 29.9. The summed E-state index contributed by atoms with van der Waals surface area (Å²) in [6.45, 7) is 0. The number of benzene rings is 1. The van der Waals surface area contributed by atoms with E-state index in [-0.39, 0.29) is 10.2 Å². The van der Waals surface area contributed by atoms with Gasteiger partial charge in [0.15, 0.2) is 11.1 Å². The van der Waals surface area contributed by atoms with E-state index in [9.17, 15) is 8.77 Å². The molecule has 1 rings (SSSR count). The highest BCUT2D eigenvalue weighted by Gasteiger charge is 2.17. The van der Waals surface area contributed by atoms with Gasteiger partial charge in [0.25, 0.3) is 0 Å². The van der Waals surface area contributed by atoms with Crippen LogP contribution in [0.25, 0.3) is 0 Å². The van der Waals surface area contributed by atoms with Crippen LogP contribution in [0.4, 0.5) is 0 Å². The van der Waals surface area contributed by atoms with Gasteiger partial charge in [-0.25, -0.2) is 4.21 Å². The van der Waals surface area contributed by atoms with Crippen LogP contribution in [-0.2, 0) is 15.6 Å². The second-order valence-corrected chi connectivity index (χ2v) is 4.86. The first-order valence-electron chi connectivity index (χ1n) is 3.18. The smallest absolute Gasteiger partial charge is 0.321 e. The molecule has 5 nitrogen and oxygen atoms in total. The molecule has 0 spiro atoms. The maximum Gasteiger partial charge on any atom is 0.356 e. The Balaban J connectivity index is 3.21. The SMILES string of the molecule is O=S(O)c1cccc(P(=O)(O)O)c1. The molecule has 0 radical (unpaired) electrons. The Labute approximate surface area is 76.9 Å². The second kappa shape index (κ2) is 3.69. The normalized spacial score (nSPS) is 14.1. The van der Waals surface area contributed by atoms with Gasteiger partial charge >= 0.3 is 7.60 Å². The van der Waals surface area contributed by atoms with E-state index in [0.29, 0.717) is 0 Å². The molecule has 7 heteroatoms. The fraction of sp³-hybridized carbons (Fsp3) is 0. The molecular weight excluding hydrogens is 215 g/mol. The van der Waals surface area contributed by atoms with E-state index in [0.717, 1.165) is 6.07 Å². The van der Waals surface area contributed by atoms with Crippen molar-refractivity contribution in [2.45, 2.75) is 4.90 Å². The molecule has 0 aliphatic carbocycles. The first kappa shape index (κ1) is 10.6. The lowest BCUT2D eigenvalue weighted by molar-refractivity contribution is 0.387. The first-order chi connectivity index (χ1) is 5.91. The summed E-state index contributed by atoms with van der Waals surface area (Å²) in [5.41, 5.74) is 0. The van der Waals surface area contributed by atoms with E-state index in [1.54, 1.807) is 0 Å². The second-order valence-electron chi connectivity index (χ2n) is 2.29. The average molecular weight is 222 g/mol. The standard InChI is InChI=1S/C6H7O5PS/c7-12(8,9)5-2-1-3-6(4-5)13(10)11/h1-4H,(H,10,11)(H2,7,8,9). The van der Waals surface area contributed by atoms with Crippen molar-refractivity contribution < 1.29 is 23.1 Å². The molecule has 0 saturated heterocycles. The summed E-state index contributed by atoms with van der Waals surface area (Å²) in [7, 11) is -4.33. The highest BCUT2D eigenvalue weighted by Crippen LogP contribution is 2.33. The van der Waals surface area contributed by atoms with Crippen LogP contribution < -0.4 is 5.30 Å². The Bertz CT molecular complexity index is 384. The van der Waals surface area contributed by atoms with E-state index in [4.69, 9.17) is 14.3 Å². The van der Waals surface area contributed by atoms with E-state index >= 15 is 0 Å². The van der Waals surface area contributed by atoms with Crippen LogP contribution >= 0.6 is 7.60 Å². The Hall–Kier alpha value is -0.520. The van der Waals surface area contributed by atoms with Crippen LogP contribution in [0.15, 0.2) is 29.2 Å². The van der Waals surface area contributed by atoms with Gasteiger partial charge in [0.05, 0.1) is 10.2 Å². The van der Waals surface area contributed by atoms with Crippen molar-refractivity contribution in [1.82, 2.24) is 0 Å². The third kappa shape index (κ3) is 2.72. The third-order valence-electron chi connectivity index (χ3n) is 1.36. The lowest BCUT2D eigenvalue weighted by Crippen LogP contribution is -2.04. The Morgan fingerprint density at radius 3 is 2.38 bits per heavy atom. The molecule has 1 aromatic rings. The topological polar surface area (TPSA) is 94.8 Å². The number of rotatable bonds is 2. The van der Waals surface area contributed by atoms with Crippen LogP contribution in [0.3, 0.4) is 0 Å². The molecule has 0 saturated carbocycles. The molecule has 1 atom stereocenters. The minimum atomic E-state index is -4.33. The molecule has 72 valence electrons. The van der Waals surface area contributed by atoms with Gasteiger partial charge < -0.3 is 14.3 Å². The van der Waals surface area contributed by atoms with Crippen LogP contribution in [0.2, 0.25) is 0 Å². The Morgan fingerprint density at radius 2 is 1.92 bits per heavy atom. The molecule has 0 bridgehead atoms. The van der Waals surface area contributed by atoms with Gasteiger partial charge in [0.2, 0.25) is 0 Å². The lowest BCUT2D eigenvalue weighted by atomic mass is 10.4. The predicted octanol–water partition coefficient (Wildman–Crippen LogP) is 0.0702. The van der Waals surface area contributed by atoms with Crippen molar-refractivity contribution in [2.75, 3.05) is 0 Å². The van der Waals surface area contributed by atoms with Gasteiger partial charge in [-0.2, -0.15) is 0 Å². The highest BCUT2D eigenvalue weighted by atomic mass is 32.2. The Morgan fingerprint density at radius 1 is 1.31 bits per heavy atom. The van der Waals surface area contributed by atoms with Crippen molar-refractivity contribution in [3.8, 4) is 0 Å². The summed E-state index contributed by atoms with van der Waals surface area (Å²) in [5, 5.41) is -0.257. The quantitative estimate of drug-likeness (QED) is 0.486. The monoisotopic (exact) mass is 222 g/mol. The highest BCUT2D eigenvalue weighted by molar-refractivity contribution is 7.79. The van der Waals surface area contributed by atoms with Crippen molar-refractivity contribution in [3.05, 3.63) is 24.3 Å². The Kier molecular flexibility index (Phi) is 3.00. The number of hydrogen-bond acceptors (Lipinski definition) is 2. The molecular formula is C6H7O5PS. The zero-order valence-corrected chi connectivity index (χ0v) is 8.03. The van der Waals surface area contributed by atoms with E-state index in [1.165, 1.54) is 18.2 Å². The molecule has 1 aromatic carbocycles. The molecule has 3 N–H and O–H groups in total. The maximum atomic E-state index is 10.7. The molecule has 1 unspecified atom stereocenters. The fourth-order valence-electron chi connectivity index (χ4n) is 0.773. The predicted molar refractivity (Wildman–Crippen MR) is 47.2 cm³/mol. The van der Waals surface area contributed by atoms with Crippen LogP contribution in [0.1, 0.15) is 0 Å². The summed E-state index contributed by atoms with van der Waals surface area (Å²) in [4.78, 5) is 17.4. The molecule has 0 heterocycles. The van der Waals surface area contributed by atoms with Gasteiger partial charge in [0.1, 0.15) is 0 Å². The van der Waals surface area contributed by atoms with Gasteiger partial charge in [-0.15, -0.1) is 0 Å². The molecule has 13 heavy (non-hydrogen) atoms. The van der Waals surface area contributed by atoms with Gasteiger partial charge in [-0.1, -0.05) is 6.07 Å². The molecule has 0 aromatic heterocycles. The third-order valence-corrected chi connectivity index (χ3v) is 2.96. The average Bonchev–Trinajstić information content (AvgIpc) is 2.03. The van der Waals surface area contributed by atoms with Gasteiger partial charge in [-0.3, -0.25) is 4.57 Å². The molecule has 0 aliphatic rings. The summed E-state index contributed by atoms with van der Waals surface area (Å²) >= 11 is -2.22. The van der Waals surface area contributed by atoms with Crippen molar-refractivity contribution in [3.63, 3.8) is 0 Å². The van der Waals surface area contributed by atoms with Crippen LogP contribution in [-0.4, -0.2) is 18.5 Å². The molecule has 0 aliphatic heterocycles. The number of hydrogen-bond donors (Lipinski definition) is 3. The first-order valence-corrected chi connectivity index (χ1v) is 5.90. The van der Waals surface area contributed by atoms with E-state index in [1.807, 2.05) is 0 Å². The van der Waals surface area contributed by atoms with Gasteiger partial charge in [-0.05, 0) is 18.2 Å². The minimum absolute atomic E-state index is 0.0270. The zero-order chi connectivity index (χ0) is 10.1. The van der Waals surface area contributed by atoms with Crippen molar-refractivity contribution >= 4 is 24.0 Å². The summed E-state index contributed by atoms with van der Waals surface area (Å²) in [5.74, 6) is 0. The molecule has 0 amide bonds. The van der Waals surface area contributed by atoms with Crippen LogP contribution in [0.5, 0.6) is 0 Å². The van der Waals surface area contributed by atoms with Crippen molar-refractivity contribution in [1.29, 1.82) is 0 Å². The van der Waals surface area contributed by atoms with E-state index in [2.05, 4.69) is 0 Å². The largest absolute Gasteiger partial charge is 0.356 e. The van der Waals surface area contributed by atoms with E-state index < -0.39 is 18.7 Å². The van der Waals surface area contributed by atoms with Gasteiger partial charge in [0, 0.05) is 0 Å². The van der Waals surface area contributed by atoms with Crippen molar-refractivity contribution in [2.24, 2.45) is 0 Å². The lowest BCUT2D eigenvalue weighted by Gasteiger charge is -2.03. The van der Waals surface area contributed by atoms with Crippen LogP contribution in [0, 0.1) is 0 Å². The summed E-state index contributed by atoms with van der Waals surface area (Å²) in [6.07, 6.45) is 0. The molecule has 0 fully saturated rings. The summed E-state index contributed by atoms with van der Waals surface area (Å²) in [6, 6.07) is 4.85.